The van der Waals surface area contributed by atoms with Crippen LogP contribution in [0.3, 0.4) is 0 Å². The van der Waals surface area contributed by atoms with Crippen molar-refractivity contribution in [2.75, 3.05) is 5.75 Å². The van der Waals surface area contributed by atoms with Crippen LogP contribution in [0.15, 0.2) is 84.0 Å². The van der Waals surface area contributed by atoms with Crippen LogP contribution < -0.4 is 0 Å². The summed E-state index contributed by atoms with van der Waals surface area (Å²) < 4.78 is 12.6. The molecule has 5 rings (SSSR count). The fourth-order valence-electron chi connectivity index (χ4n) is 4.50. The molecule has 3 heterocycles. The molecule has 0 aliphatic carbocycles. The summed E-state index contributed by atoms with van der Waals surface area (Å²) >= 11 is 0. The van der Waals surface area contributed by atoms with Gasteiger partial charge in [0.1, 0.15) is 0 Å². The fraction of sp³-hybridized carbons (Fsp3) is 0.222. The van der Waals surface area contributed by atoms with E-state index in [1.807, 2.05) is 30.6 Å². The molecule has 2 aromatic heterocycles. The van der Waals surface area contributed by atoms with Gasteiger partial charge in [-0.2, -0.15) is 0 Å². The van der Waals surface area contributed by atoms with Crippen LogP contribution in [0.4, 0.5) is 0 Å². The van der Waals surface area contributed by atoms with Gasteiger partial charge in [0.15, 0.2) is 0 Å². The summed E-state index contributed by atoms with van der Waals surface area (Å²) in [6.07, 6.45) is 7.13. The van der Waals surface area contributed by atoms with E-state index in [1.54, 1.807) is 0 Å². The maximum atomic E-state index is 12.6. The van der Waals surface area contributed by atoms with Crippen molar-refractivity contribution in [2.24, 2.45) is 0 Å². The summed E-state index contributed by atoms with van der Waals surface area (Å²) in [6.45, 7) is 2.22. The van der Waals surface area contributed by atoms with Crippen molar-refractivity contribution in [3.05, 3.63) is 84.7 Å². The van der Waals surface area contributed by atoms with Crippen LogP contribution in [0.5, 0.6) is 0 Å². The molecule has 3 nitrogen and oxygen atoms in total. The van der Waals surface area contributed by atoms with Gasteiger partial charge < -0.3 is 4.98 Å². The van der Waals surface area contributed by atoms with E-state index in [2.05, 4.69) is 65.4 Å². The largest absolute Gasteiger partial charge is 0.354 e. The Labute approximate surface area is 186 Å². The maximum absolute atomic E-state index is 12.6. The highest BCUT2D eigenvalue weighted by Crippen LogP contribution is 2.40. The van der Waals surface area contributed by atoms with Crippen molar-refractivity contribution in [2.45, 2.75) is 37.0 Å². The molecule has 156 valence electrons. The Hall–Kier alpha value is -2.98. The monoisotopic (exact) mass is 426 g/mol. The topological polar surface area (TPSA) is 45.8 Å². The Morgan fingerprint density at radius 2 is 1.77 bits per heavy atom. The summed E-state index contributed by atoms with van der Waals surface area (Å²) in [5.74, 6) is 1.17. The Balaban J connectivity index is 1.60. The second-order valence-electron chi connectivity index (χ2n) is 8.18. The molecule has 4 aromatic rings. The molecule has 2 unspecified atom stereocenters. The molecular formula is C27H26N2OS. The van der Waals surface area contributed by atoms with Gasteiger partial charge in [-0.25, -0.2) is 0 Å². The molecule has 1 aliphatic rings. The Morgan fingerprint density at radius 3 is 2.55 bits per heavy atom. The van der Waals surface area contributed by atoms with E-state index in [0.717, 1.165) is 50.7 Å². The van der Waals surface area contributed by atoms with Crippen molar-refractivity contribution in [1.82, 2.24) is 9.97 Å². The van der Waals surface area contributed by atoms with Gasteiger partial charge in [-0.1, -0.05) is 56.2 Å². The molecule has 0 saturated heterocycles. The third-order valence-corrected chi connectivity index (χ3v) is 7.70. The molecule has 1 aliphatic heterocycles. The van der Waals surface area contributed by atoms with E-state index >= 15 is 0 Å². The van der Waals surface area contributed by atoms with Crippen molar-refractivity contribution < 1.29 is 4.21 Å². The van der Waals surface area contributed by atoms with E-state index in [0.29, 0.717) is 5.92 Å². The van der Waals surface area contributed by atoms with Gasteiger partial charge in [-0.3, -0.25) is 9.19 Å². The van der Waals surface area contributed by atoms with E-state index in [1.165, 1.54) is 18.4 Å². The molecule has 0 amide bonds. The second-order valence-corrected chi connectivity index (χ2v) is 9.64. The van der Waals surface area contributed by atoms with E-state index < -0.39 is 10.8 Å². The average molecular weight is 427 g/mol. The predicted molar refractivity (Wildman–Crippen MR) is 128 cm³/mol. The SMILES string of the molecule is CCCCC1CS(=O)c2ccc(-c3cc(-c4ccncc4)c(-c4ccccc4)[nH]3)cc21. The first-order valence-corrected chi connectivity index (χ1v) is 12.3. The van der Waals surface area contributed by atoms with Gasteiger partial charge in [0.2, 0.25) is 0 Å². The van der Waals surface area contributed by atoms with Crippen molar-refractivity contribution in [1.29, 1.82) is 0 Å². The molecule has 0 saturated carbocycles. The lowest BCUT2D eigenvalue weighted by Gasteiger charge is -2.10. The highest BCUT2D eigenvalue weighted by atomic mass is 32.2. The first kappa shape index (κ1) is 20.0. The molecule has 2 atom stereocenters. The lowest BCUT2D eigenvalue weighted by Crippen LogP contribution is -1.99. The summed E-state index contributed by atoms with van der Waals surface area (Å²) in [4.78, 5) is 8.88. The molecule has 0 fully saturated rings. The van der Waals surface area contributed by atoms with E-state index in [-0.39, 0.29) is 0 Å². The van der Waals surface area contributed by atoms with Crippen molar-refractivity contribution in [3.8, 4) is 33.6 Å². The van der Waals surface area contributed by atoms with Crippen molar-refractivity contribution in [3.63, 3.8) is 0 Å². The number of nitrogens with zero attached hydrogens (tertiary/aromatic N) is 1. The second kappa shape index (κ2) is 8.64. The molecule has 4 heteroatoms. The van der Waals surface area contributed by atoms with E-state index in [9.17, 15) is 4.21 Å². The molecule has 2 aromatic carbocycles. The van der Waals surface area contributed by atoms with Gasteiger partial charge >= 0.3 is 0 Å². The Kier molecular flexibility index (Phi) is 5.56. The average Bonchev–Trinajstić information content (AvgIpc) is 3.40. The van der Waals surface area contributed by atoms with Gasteiger partial charge in [-0.15, -0.1) is 0 Å². The van der Waals surface area contributed by atoms with E-state index in [4.69, 9.17) is 0 Å². The number of nitrogens with one attached hydrogen (secondary N) is 1. The number of aromatic nitrogens is 2. The minimum atomic E-state index is -0.872. The van der Waals surface area contributed by atoms with Crippen LogP contribution >= 0.6 is 0 Å². The number of unbranched alkanes of at least 4 members (excludes halogenated alkanes) is 1. The first-order valence-electron chi connectivity index (χ1n) is 11.0. The Bertz CT molecular complexity index is 1160. The maximum Gasteiger partial charge on any atom is 0.0538 e. The smallest absolute Gasteiger partial charge is 0.0538 e. The lowest BCUT2D eigenvalue weighted by atomic mass is 9.93. The molecule has 0 spiro atoms. The summed E-state index contributed by atoms with van der Waals surface area (Å²) in [7, 11) is -0.872. The number of H-pyrrole nitrogens is 1. The Morgan fingerprint density at radius 1 is 0.968 bits per heavy atom. The number of hydrogen-bond acceptors (Lipinski definition) is 2. The zero-order chi connectivity index (χ0) is 21.2. The van der Waals surface area contributed by atoms with Crippen LogP contribution in [0.2, 0.25) is 0 Å². The molecule has 0 bridgehead atoms. The molecule has 1 N–H and O–H groups in total. The molecular weight excluding hydrogens is 400 g/mol. The lowest BCUT2D eigenvalue weighted by molar-refractivity contribution is 0.627. The van der Waals surface area contributed by atoms with Gasteiger partial charge in [0.05, 0.1) is 16.5 Å². The number of rotatable bonds is 6. The van der Waals surface area contributed by atoms with Crippen LogP contribution in [-0.2, 0) is 10.8 Å². The highest BCUT2D eigenvalue weighted by Gasteiger charge is 2.28. The summed E-state index contributed by atoms with van der Waals surface area (Å²) in [5.41, 5.74) is 8.06. The fourth-order valence-corrected chi connectivity index (χ4v) is 6.10. The van der Waals surface area contributed by atoms with Gasteiger partial charge in [0.25, 0.3) is 0 Å². The predicted octanol–water partition coefficient (Wildman–Crippen LogP) is 6.81. The third-order valence-electron chi connectivity index (χ3n) is 6.14. The number of hydrogen-bond donors (Lipinski definition) is 1. The van der Waals surface area contributed by atoms with Crippen LogP contribution in [0, 0.1) is 0 Å². The standard InChI is InChI=1S/C27H26N2OS/c1-2-3-7-22-18-31(30)26-11-10-21(16-23(22)26)25-17-24(19-12-14-28-15-13-19)27(29-25)20-8-5-4-6-9-20/h4-6,8-17,22,29H,2-3,7,18H2,1H3. The number of benzene rings is 2. The number of pyridine rings is 1. The van der Waals surface area contributed by atoms with Gasteiger partial charge in [-0.05, 0) is 64.9 Å². The molecule has 0 radical (unpaired) electrons. The zero-order valence-electron chi connectivity index (χ0n) is 17.7. The first-order chi connectivity index (χ1) is 15.2. The van der Waals surface area contributed by atoms with Crippen LogP contribution in [-0.4, -0.2) is 19.9 Å². The third kappa shape index (κ3) is 3.88. The van der Waals surface area contributed by atoms with Crippen LogP contribution in [0.25, 0.3) is 33.6 Å². The number of aromatic amines is 1. The van der Waals surface area contributed by atoms with Crippen molar-refractivity contribution >= 4 is 10.8 Å². The van der Waals surface area contributed by atoms with Crippen LogP contribution in [0.1, 0.15) is 37.7 Å². The summed E-state index contributed by atoms with van der Waals surface area (Å²) in [6, 6.07) is 23.2. The minimum Gasteiger partial charge on any atom is -0.354 e. The quantitative estimate of drug-likeness (QED) is 0.368. The van der Waals surface area contributed by atoms with Gasteiger partial charge in [0, 0.05) is 34.3 Å². The normalized spacial score (nSPS) is 17.6. The number of fused-ring (bicyclic) bond motifs is 1. The summed E-state index contributed by atoms with van der Waals surface area (Å²) in [5, 5.41) is 0. The highest BCUT2D eigenvalue weighted by molar-refractivity contribution is 7.85. The molecule has 31 heavy (non-hydrogen) atoms. The minimum absolute atomic E-state index is 0.402. The zero-order valence-corrected chi connectivity index (χ0v) is 18.5.